The zero-order chi connectivity index (χ0) is 17.0. The highest BCUT2D eigenvalue weighted by Gasteiger charge is 2.29. The number of phenolic OH excluding ortho intramolecular Hbond substituents is 1. The molecule has 0 aliphatic carbocycles. The van der Waals surface area contributed by atoms with Crippen LogP contribution in [0.2, 0.25) is 0 Å². The van der Waals surface area contributed by atoms with E-state index >= 15 is 0 Å². The third kappa shape index (κ3) is 3.77. The lowest BCUT2D eigenvalue weighted by molar-refractivity contribution is -0.171. The summed E-state index contributed by atoms with van der Waals surface area (Å²) in [5.74, 6) is -1.97. The Balaban J connectivity index is 1.97. The topological polar surface area (TPSA) is 79.3 Å². The lowest BCUT2D eigenvalue weighted by atomic mass is 10.1. The van der Waals surface area contributed by atoms with Crippen molar-refractivity contribution in [3.63, 3.8) is 0 Å². The molecule has 0 bridgehead atoms. The maximum atomic E-state index is 13.3. The molecule has 0 unspecified atom stereocenters. The molecule has 2 amide bonds. The summed E-state index contributed by atoms with van der Waals surface area (Å²) in [6.07, 6.45) is -0.955. The number of halogens is 1. The number of carbonyl (C=O) groups excluding carboxylic acids is 2. The lowest BCUT2D eigenvalue weighted by Gasteiger charge is -2.35. The SMILES string of the molecule is COC(OC)C(=O)N1CCN(C(=O)c2ccc(O)c(F)c2)CC1. The Hall–Kier alpha value is -2.19. The Labute approximate surface area is 133 Å². The van der Waals surface area contributed by atoms with Gasteiger partial charge in [-0.2, -0.15) is 0 Å². The second-order valence-corrected chi connectivity index (χ2v) is 5.09. The van der Waals surface area contributed by atoms with Gasteiger partial charge in [0, 0.05) is 46.0 Å². The highest BCUT2D eigenvalue weighted by atomic mass is 19.1. The molecule has 1 aromatic carbocycles. The van der Waals surface area contributed by atoms with E-state index in [2.05, 4.69) is 0 Å². The van der Waals surface area contributed by atoms with Crippen LogP contribution in [0.4, 0.5) is 4.39 Å². The van der Waals surface area contributed by atoms with Gasteiger partial charge in [0.05, 0.1) is 0 Å². The molecule has 1 N–H and O–H groups in total. The first-order valence-corrected chi connectivity index (χ1v) is 7.10. The maximum Gasteiger partial charge on any atom is 0.279 e. The molecule has 1 fully saturated rings. The van der Waals surface area contributed by atoms with Crippen LogP contribution in [0, 0.1) is 5.82 Å². The van der Waals surface area contributed by atoms with Crippen molar-refractivity contribution < 1.29 is 28.6 Å². The molecule has 7 nitrogen and oxygen atoms in total. The highest BCUT2D eigenvalue weighted by molar-refractivity contribution is 5.94. The van der Waals surface area contributed by atoms with Crippen LogP contribution in [0.1, 0.15) is 10.4 Å². The fourth-order valence-electron chi connectivity index (χ4n) is 2.40. The quantitative estimate of drug-likeness (QED) is 0.812. The second-order valence-electron chi connectivity index (χ2n) is 5.09. The number of nitrogens with zero attached hydrogens (tertiary/aromatic N) is 2. The van der Waals surface area contributed by atoms with Crippen LogP contribution in [0.15, 0.2) is 18.2 Å². The number of benzene rings is 1. The van der Waals surface area contributed by atoms with Crippen molar-refractivity contribution in [2.75, 3.05) is 40.4 Å². The Morgan fingerprint density at radius 2 is 1.70 bits per heavy atom. The van der Waals surface area contributed by atoms with Crippen molar-refractivity contribution in [3.05, 3.63) is 29.6 Å². The number of methoxy groups -OCH3 is 2. The minimum Gasteiger partial charge on any atom is -0.505 e. The van der Waals surface area contributed by atoms with Gasteiger partial charge in [-0.1, -0.05) is 0 Å². The molecule has 0 atom stereocenters. The van der Waals surface area contributed by atoms with E-state index in [-0.39, 0.29) is 17.4 Å². The maximum absolute atomic E-state index is 13.3. The van der Waals surface area contributed by atoms with Crippen molar-refractivity contribution in [3.8, 4) is 5.75 Å². The van der Waals surface area contributed by atoms with Gasteiger partial charge in [0.25, 0.3) is 11.8 Å². The Kier molecular flexibility index (Phi) is 5.51. The van der Waals surface area contributed by atoms with Crippen molar-refractivity contribution in [1.82, 2.24) is 9.80 Å². The van der Waals surface area contributed by atoms with E-state index in [4.69, 9.17) is 14.6 Å². The number of aromatic hydroxyl groups is 1. The summed E-state index contributed by atoms with van der Waals surface area (Å²) in [5, 5.41) is 9.16. The molecule has 0 radical (unpaired) electrons. The fraction of sp³-hybridized carbons (Fsp3) is 0.467. The summed E-state index contributed by atoms with van der Waals surface area (Å²) >= 11 is 0. The van der Waals surface area contributed by atoms with E-state index in [0.29, 0.717) is 26.2 Å². The first-order valence-electron chi connectivity index (χ1n) is 7.10. The summed E-state index contributed by atoms with van der Waals surface area (Å²) in [6, 6.07) is 3.51. The number of ether oxygens (including phenoxy) is 2. The van der Waals surface area contributed by atoms with Crippen LogP contribution in [0.25, 0.3) is 0 Å². The highest BCUT2D eigenvalue weighted by Crippen LogP contribution is 2.18. The fourth-order valence-corrected chi connectivity index (χ4v) is 2.40. The first-order chi connectivity index (χ1) is 11.0. The van der Waals surface area contributed by atoms with E-state index in [1.54, 1.807) is 4.90 Å². The molecule has 0 aromatic heterocycles. The van der Waals surface area contributed by atoms with E-state index in [1.807, 2.05) is 0 Å². The predicted octanol–water partition coefficient (Wildman–Crippen LogP) is 0.435. The standard InChI is InChI=1S/C15H19FN2O5/c1-22-15(23-2)14(21)18-7-5-17(6-8-18)13(20)10-3-4-12(19)11(16)9-10/h3-4,9,15,19H,5-8H2,1-2H3. The average Bonchev–Trinajstić information content (AvgIpc) is 2.58. The number of phenols is 1. The summed E-state index contributed by atoms with van der Waals surface area (Å²) < 4.78 is 23.2. The molecule has 0 saturated carbocycles. The second kappa shape index (κ2) is 7.38. The van der Waals surface area contributed by atoms with Crippen molar-refractivity contribution in [2.24, 2.45) is 0 Å². The van der Waals surface area contributed by atoms with Crippen LogP contribution in [-0.2, 0) is 14.3 Å². The summed E-state index contributed by atoms with van der Waals surface area (Å²) in [7, 11) is 2.76. The number of amides is 2. The van der Waals surface area contributed by atoms with Gasteiger partial charge in [-0.05, 0) is 18.2 Å². The van der Waals surface area contributed by atoms with E-state index < -0.39 is 17.9 Å². The van der Waals surface area contributed by atoms with Crippen molar-refractivity contribution >= 4 is 11.8 Å². The molecule has 1 aliphatic rings. The molecule has 23 heavy (non-hydrogen) atoms. The molecule has 1 aliphatic heterocycles. The lowest BCUT2D eigenvalue weighted by Crippen LogP contribution is -2.53. The van der Waals surface area contributed by atoms with Gasteiger partial charge in [0.1, 0.15) is 0 Å². The van der Waals surface area contributed by atoms with Crippen LogP contribution in [0.5, 0.6) is 5.75 Å². The van der Waals surface area contributed by atoms with Gasteiger partial charge >= 0.3 is 0 Å². The molecular formula is C15H19FN2O5. The summed E-state index contributed by atoms with van der Waals surface area (Å²) in [5.41, 5.74) is 0.159. The molecule has 1 saturated heterocycles. The predicted molar refractivity (Wildman–Crippen MR) is 78.4 cm³/mol. The monoisotopic (exact) mass is 326 g/mol. The summed E-state index contributed by atoms with van der Waals surface area (Å²) in [4.78, 5) is 27.5. The van der Waals surface area contributed by atoms with Crippen LogP contribution >= 0.6 is 0 Å². The van der Waals surface area contributed by atoms with Crippen LogP contribution in [0.3, 0.4) is 0 Å². The minimum atomic E-state index is -0.955. The molecule has 8 heteroatoms. The normalized spacial score (nSPS) is 15.1. The third-order valence-electron chi connectivity index (χ3n) is 3.70. The molecule has 126 valence electrons. The zero-order valence-electron chi connectivity index (χ0n) is 13.0. The van der Waals surface area contributed by atoms with E-state index in [1.165, 1.54) is 25.2 Å². The van der Waals surface area contributed by atoms with Gasteiger partial charge < -0.3 is 24.4 Å². The first kappa shape index (κ1) is 17.2. The molecule has 2 rings (SSSR count). The molecular weight excluding hydrogens is 307 g/mol. The van der Waals surface area contributed by atoms with E-state index in [0.717, 1.165) is 12.1 Å². The summed E-state index contributed by atoms with van der Waals surface area (Å²) in [6.45, 7) is 1.34. The van der Waals surface area contributed by atoms with Gasteiger partial charge in [-0.3, -0.25) is 9.59 Å². The van der Waals surface area contributed by atoms with Crippen LogP contribution in [-0.4, -0.2) is 73.4 Å². The number of hydrogen-bond donors (Lipinski definition) is 1. The van der Waals surface area contributed by atoms with Crippen molar-refractivity contribution in [2.45, 2.75) is 6.29 Å². The number of rotatable bonds is 4. The van der Waals surface area contributed by atoms with Crippen LogP contribution < -0.4 is 0 Å². The Morgan fingerprint density at radius 1 is 1.13 bits per heavy atom. The number of piperazine rings is 1. The smallest absolute Gasteiger partial charge is 0.279 e. The largest absolute Gasteiger partial charge is 0.505 e. The van der Waals surface area contributed by atoms with Gasteiger partial charge in [0.15, 0.2) is 11.6 Å². The number of hydrogen-bond acceptors (Lipinski definition) is 5. The molecule has 1 aromatic rings. The third-order valence-corrected chi connectivity index (χ3v) is 3.70. The molecule has 0 spiro atoms. The van der Waals surface area contributed by atoms with Gasteiger partial charge in [0.2, 0.25) is 6.29 Å². The number of carbonyl (C=O) groups is 2. The minimum absolute atomic E-state index is 0.159. The Bertz CT molecular complexity index is 583. The zero-order valence-corrected chi connectivity index (χ0v) is 13.0. The molecule has 1 heterocycles. The van der Waals surface area contributed by atoms with E-state index in [9.17, 15) is 14.0 Å². The van der Waals surface area contributed by atoms with Crippen molar-refractivity contribution in [1.29, 1.82) is 0 Å². The Morgan fingerprint density at radius 3 is 2.22 bits per heavy atom. The average molecular weight is 326 g/mol. The van der Waals surface area contributed by atoms with Gasteiger partial charge in [-0.25, -0.2) is 4.39 Å². The van der Waals surface area contributed by atoms with Gasteiger partial charge in [-0.15, -0.1) is 0 Å².